The quantitative estimate of drug-likeness (QED) is 0.787. The van der Waals surface area contributed by atoms with Crippen LogP contribution in [0.1, 0.15) is 27.7 Å². The Bertz CT molecular complexity index is 630. The topological polar surface area (TPSA) is 57.1 Å². The summed E-state index contributed by atoms with van der Waals surface area (Å²) in [5.74, 6) is 0. The number of rotatable bonds is 2. The second kappa shape index (κ2) is 4.89. The summed E-state index contributed by atoms with van der Waals surface area (Å²) < 4.78 is 12.0. The molecule has 21 heavy (non-hydrogen) atoms. The summed E-state index contributed by atoms with van der Waals surface area (Å²) in [5.41, 5.74) is 1.58. The second-order valence-corrected chi connectivity index (χ2v) is 6.13. The molecule has 1 aliphatic heterocycles. The van der Waals surface area contributed by atoms with Crippen LogP contribution in [0.2, 0.25) is 0 Å². The highest BCUT2D eigenvalue weighted by Crippen LogP contribution is 2.36. The maximum Gasteiger partial charge on any atom is 0.514 e. The fourth-order valence-corrected chi connectivity index (χ4v) is 2.13. The molecule has 6 heteroatoms. The van der Waals surface area contributed by atoms with E-state index in [1.807, 2.05) is 52.0 Å². The molecule has 0 amide bonds. The van der Waals surface area contributed by atoms with Crippen LogP contribution in [0, 0.1) is 0 Å². The Morgan fingerprint density at radius 2 is 1.67 bits per heavy atom. The first-order chi connectivity index (χ1) is 9.89. The SMILES string of the molecule is CC1(C)OB(c2cccc(-c3ccncn3)n2)OC1(C)C. The van der Waals surface area contributed by atoms with E-state index in [9.17, 15) is 0 Å². The Kier molecular flexibility index (Phi) is 3.30. The van der Waals surface area contributed by atoms with E-state index in [2.05, 4.69) is 15.0 Å². The van der Waals surface area contributed by atoms with Crippen LogP contribution in [0.25, 0.3) is 11.4 Å². The second-order valence-electron chi connectivity index (χ2n) is 6.13. The van der Waals surface area contributed by atoms with Gasteiger partial charge in [0.2, 0.25) is 0 Å². The fourth-order valence-electron chi connectivity index (χ4n) is 2.13. The first kappa shape index (κ1) is 14.2. The Labute approximate surface area is 124 Å². The lowest BCUT2D eigenvalue weighted by Crippen LogP contribution is -2.41. The molecule has 3 heterocycles. The molecule has 0 radical (unpaired) electrons. The van der Waals surface area contributed by atoms with Gasteiger partial charge in [-0.05, 0) is 45.9 Å². The molecular weight excluding hydrogens is 265 g/mol. The van der Waals surface area contributed by atoms with Gasteiger partial charge in [-0.25, -0.2) is 9.97 Å². The molecule has 1 aliphatic rings. The first-order valence-electron chi connectivity index (χ1n) is 6.98. The predicted molar refractivity (Wildman–Crippen MR) is 81.0 cm³/mol. The standard InChI is InChI=1S/C15H18BN3O2/c1-14(2)15(3,4)21-16(20-14)13-7-5-6-12(19-13)11-8-9-17-10-18-11/h5-10H,1-4H3. The number of nitrogens with zero attached hydrogens (tertiary/aromatic N) is 3. The third kappa shape index (κ3) is 2.56. The summed E-state index contributed by atoms with van der Waals surface area (Å²) in [7, 11) is -0.461. The largest absolute Gasteiger partial charge is 0.514 e. The van der Waals surface area contributed by atoms with Gasteiger partial charge in [-0.15, -0.1) is 0 Å². The molecule has 0 atom stereocenters. The van der Waals surface area contributed by atoms with Crippen LogP contribution in [-0.2, 0) is 9.31 Å². The summed E-state index contributed by atoms with van der Waals surface area (Å²) in [4.78, 5) is 12.8. The van der Waals surface area contributed by atoms with Gasteiger partial charge < -0.3 is 9.31 Å². The Morgan fingerprint density at radius 3 is 2.29 bits per heavy atom. The van der Waals surface area contributed by atoms with Crippen molar-refractivity contribution in [3.8, 4) is 11.4 Å². The van der Waals surface area contributed by atoms with Gasteiger partial charge in [0.1, 0.15) is 6.33 Å². The van der Waals surface area contributed by atoms with E-state index in [1.165, 1.54) is 6.33 Å². The highest BCUT2D eigenvalue weighted by atomic mass is 16.7. The van der Waals surface area contributed by atoms with Crippen LogP contribution in [0.5, 0.6) is 0 Å². The average molecular weight is 283 g/mol. The molecule has 0 N–H and O–H groups in total. The van der Waals surface area contributed by atoms with E-state index in [-0.39, 0.29) is 11.2 Å². The van der Waals surface area contributed by atoms with E-state index in [1.54, 1.807) is 6.20 Å². The van der Waals surface area contributed by atoms with Crippen LogP contribution in [0.15, 0.2) is 36.8 Å². The summed E-state index contributed by atoms with van der Waals surface area (Å²) in [6, 6.07) is 7.59. The van der Waals surface area contributed by atoms with E-state index in [0.29, 0.717) is 0 Å². The molecule has 0 aromatic carbocycles. The number of hydrogen-bond donors (Lipinski definition) is 0. The van der Waals surface area contributed by atoms with Gasteiger partial charge in [0.25, 0.3) is 0 Å². The molecule has 0 bridgehead atoms. The Morgan fingerprint density at radius 1 is 0.952 bits per heavy atom. The van der Waals surface area contributed by atoms with E-state index >= 15 is 0 Å². The van der Waals surface area contributed by atoms with Crippen molar-refractivity contribution in [3.63, 3.8) is 0 Å². The third-order valence-electron chi connectivity index (χ3n) is 4.11. The highest BCUT2D eigenvalue weighted by Gasteiger charge is 2.52. The first-order valence-corrected chi connectivity index (χ1v) is 6.98. The van der Waals surface area contributed by atoms with Crippen molar-refractivity contribution in [1.82, 2.24) is 15.0 Å². The lowest BCUT2D eigenvalue weighted by atomic mass is 9.84. The van der Waals surface area contributed by atoms with Gasteiger partial charge in [0.05, 0.1) is 28.2 Å². The van der Waals surface area contributed by atoms with Gasteiger partial charge in [-0.3, -0.25) is 4.98 Å². The van der Waals surface area contributed by atoms with Gasteiger partial charge in [-0.1, -0.05) is 6.07 Å². The predicted octanol–water partition coefficient (Wildman–Crippen LogP) is 1.84. The molecule has 1 fully saturated rings. The molecule has 3 rings (SSSR count). The molecule has 2 aromatic rings. The lowest BCUT2D eigenvalue weighted by Gasteiger charge is -2.32. The van der Waals surface area contributed by atoms with Crippen molar-refractivity contribution in [3.05, 3.63) is 36.8 Å². The third-order valence-corrected chi connectivity index (χ3v) is 4.11. The number of hydrogen-bond acceptors (Lipinski definition) is 5. The smallest absolute Gasteiger partial charge is 0.398 e. The molecule has 0 saturated carbocycles. The molecule has 2 aromatic heterocycles. The van der Waals surface area contributed by atoms with Crippen LogP contribution >= 0.6 is 0 Å². The van der Waals surface area contributed by atoms with Crippen molar-refractivity contribution >= 4 is 12.7 Å². The molecule has 5 nitrogen and oxygen atoms in total. The minimum Gasteiger partial charge on any atom is -0.398 e. The number of aromatic nitrogens is 3. The van der Waals surface area contributed by atoms with E-state index in [4.69, 9.17) is 9.31 Å². The van der Waals surface area contributed by atoms with Gasteiger partial charge in [0.15, 0.2) is 0 Å². The molecule has 0 spiro atoms. The van der Waals surface area contributed by atoms with Crippen LogP contribution in [0.4, 0.5) is 0 Å². The van der Waals surface area contributed by atoms with Crippen molar-refractivity contribution in [2.45, 2.75) is 38.9 Å². The average Bonchev–Trinajstić information content (AvgIpc) is 2.69. The molecule has 1 saturated heterocycles. The summed E-state index contributed by atoms with van der Waals surface area (Å²) in [5, 5.41) is 0. The molecule has 0 aliphatic carbocycles. The van der Waals surface area contributed by atoms with Crippen molar-refractivity contribution in [2.75, 3.05) is 0 Å². The van der Waals surface area contributed by atoms with E-state index < -0.39 is 7.12 Å². The fraction of sp³-hybridized carbons (Fsp3) is 0.400. The zero-order chi connectivity index (χ0) is 15.1. The van der Waals surface area contributed by atoms with Gasteiger partial charge >= 0.3 is 7.12 Å². The summed E-state index contributed by atoms with van der Waals surface area (Å²) in [6.45, 7) is 8.12. The molecule has 0 unspecified atom stereocenters. The number of pyridine rings is 1. The Balaban J connectivity index is 1.92. The molecule has 108 valence electrons. The minimum absolute atomic E-state index is 0.371. The maximum atomic E-state index is 6.02. The van der Waals surface area contributed by atoms with Crippen molar-refractivity contribution < 1.29 is 9.31 Å². The lowest BCUT2D eigenvalue weighted by molar-refractivity contribution is 0.00578. The monoisotopic (exact) mass is 283 g/mol. The normalized spacial score (nSPS) is 19.7. The van der Waals surface area contributed by atoms with E-state index in [0.717, 1.165) is 17.0 Å². The van der Waals surface area contributed by atoms with Gasteiger partial charge in [0, 0.05) is 6.20 Å². The molecular formula is C15H18BN3O2. The zero-order valence-corrected chi connectivity index (χ0v) is 12.7. The minimum atomic E-state index is -0.461. The van der Waals surface area contributed by atoms with Crippen LogP contribution in [0.3, 0.4) is 0 Å². The summed E-state index contributed by atoms with van der Waals surface area (Å²) in [6.07, 6.45) is 3.21. The zero-order valence-electron chi connectivity index (χ0n) is 12.7. The maximum absolute atomic E-state index is 6.02. The van der Waals surface area contributed by atoms with Crippen molar-refractivity contribution in [1.29, 1.82) is 0 Å². The van der Waals surface area contributed by atoms with Crippen LogP contribution < -0.4 is 5.59 Å². The van der Waals surface area contributed by atoms with Crippen LogP contribution in [-0.4, -0.2) is 33.3 Å². The Hall–Kier alpha value is -1.79. The highest BCUT2D eigenvalue weighted by molar-refractivity contribution is 6.61. The summed E-state index contributed by atoms with van der Waals surface area (Å²) >= 11 is 0. The van der Waals surface area contributed by atoms with Crippen molar-refractivity contribution in [2.24, 2.45) is 0 Å². The van der Waals surface area contributed by atoms with Gasteiger partial charge in [-0.2, -0.15) is 0 Å².